The van der Waals surface area contributed by atoms with Gasteiger partial charge in [0.25, 0.3) is 5.91 Å². The number of rotatable bonds is 6. The Morgan fingerprint density at radius 1 is 1.15 bits per heavy atom. The van der Waals surface area contributed by atoms with E-state index < -0.39 is 11.6 Å². The molecule has 0 aliphatic carbocycles. The highest BCUT2D eigenvalue weighted by Crippen LogP contribution is 2.25. The smallest absolute Gasteiger partial charge is 0.410 e. The molecule has 1 saturated heterocycles. The summed E-state index contributed by atoms with van der Waals surface area (Å²) in [6.45, 7) is 10.8. The fourth-order valence-corrected chi connectivity index (χ4v) is 5.04. The van der Waals surface area contributed by atoms with E-state index in [-0.39, 0.29) is 29.9 Å². The third-order valence-electron chi connectivity index (χ3n) is 5.70. The fraction of sp³-hybridized carbons (Fsp3) is 0.577. The number of ether oxygens (including phenoxy) is 1. The summed E-state index contributed by atoms with van der Waals surface area (Å²) in [6, 6.07) is 9.08. The van der Waals surface area contributed by atoms with Gasteiger partial charge < -0.3 is 20.3 Å². The molecule has 2 heterocycles. The van der Waals surface area contributed by atoms with Crippen molar-refractivity contribution in [1.29, 1.82) is 0 Å². The van der Waals surface area contributed by atoms with Crippen LogP contribution in [0.25, 0.3) is 10.1 Å². The van der Waals surface area contributed by atoms with Gasteiger partial charge in [0.15, 0.2) is 0 Å². The van der Waals surface area contributed by atoms with Gasteiger partial charge in [0, 0.05) is 23.8 Å². The summed E-state index contributed by atoms with van der Waals surface area (Å²) in [5, 5.41) is 7.11. The van der Waals surface area contributed by atoms with Gasteiger partial charge in [-0.2, -0.15) is 0 Å². The van der Waals surface area contributed by atoms with Crippen LogP contribution in [0, 0.1) is 5.92 Å². The van der Waals surface area contributed by atoms with Gasteiger partial charge in [-0.15, -0.1) is 11.3 Å². The highest BCUT2D eigenvalue weighted by Gasteiger charge is 2.28. The molecule has 8 heteroatoms. The number of nitrogens with zero attached hydrogens (tertiary/aromatic N) is 1. The molecule has 1 aliphatic heterocycles. The van der Waals surface area contributed by atoms with E-state index in [4.69, 9.17) is 4.74 Å². The van der Waals surface area contributed by atoms with Crippen molar-refractivity contribution in [3.05, 3.63) is 35.2 Å². The van der Waals surface area contributed by atoms with Gasteiger partial charge in [0.05, 0.1) is 4.88 Å². The average molecular weight is 488 g/mol. The zero-order chi connectivity index (χ0) is 24.9. The van der Waals surface area contributed by atoms with Gasteiger partial charge in [-0.25, -0.2) is 4.79 Å². The molecule has 0 bridgehead atoms. The molecule has 1 aliphatic rings. The van der Waals surface area contributed by atoms with Gasteiger partial charge in [-0.1, -0.05) is 32.0 Å². The number of hydrogen-bond donors (Lipinski definition) is 2. The van der Waals surface area contributed by atoms with Crippen LogP contribution in [-0.2, 0) is 9.53 Å². The Morgan fingerprint density at radius 2 is 1.88 bits per heavy atom. The molecule has 3 amide bonds. The summed E-state index contributed by atoms with van der Waals surface area (Å²) in [4.78, 5) is 40.9. The van der Waals surface area contributed by atoms with Gasteiger partial charge in [0.1, 0.15) is 11.6 Å². The molecule has 7 nitrogen and oxygen atoms in total. The van der Waals surface area contributed by atoms with E-state index in [2.05, 4.69) is 10.6 Å². The maximum Gasteiger partial charge on any atom is 0.410 e. The van der Waals surface area contributed by atoms with Crippen LogP contribution in [0.3, 0.4) is 0 Å². The van der Waals surface area contributed by atoms with Crippen molar-refractivity contribution in [3.8, 4) is 0 Å². The van der Waals surface area contributed by atoms with Crippen LogP contribution in [0.15, 0.2) is 30.3 Å². The minimum atomic E-state index is -0.608. The first-order valence-corrected chi connectivity index (χ1v) is 12.9. The topological polar surface area (TPSA) is 87.7 Å². The Kier molecular flexibility index (Phi) is 8.57. The third-order valence-corrected chi connectivity index (χ3v) is 6.82. The first-order valence-electron chi connectivity index (χ1n) is 12.1. The Bertz CT molecular complexity index is 978. The van der Waals surface area contributed by atoms with Crippen LogP contribution in [0.4, 0.5) is 4.79 Å². The lowest BCUT2D eigenvalue weighted by Gasteiger charge is -2.26. The van der Waals surface area contributed by atoms with Crippen molar-refractivity contribution in [3.63, 3.8) is 0 Å². The van der Waals surface area contributed by atoms with Crippen LogP contribution < -0.4 is 10.6 Å². The van der Waals surface area contributed by atoms with E-state index in [1.165, 1.54) is 11.3 Å². The van der Waals surface area contributed by atoms with E-state index in [9.17, 15) is 14.4 Å². The number of thiophene rings is 1. The summed E-state index contributed by atoms with van der Waals surface area (Å²) < 4.78 is 6.54. The minimum absolute atomic E-state index is 0.0455. The monoisotopic (exact) mass is 487 g/mol. The molecular formula is C26H37N3O4S. The van der Waals surface area contributed by atoms with Crippen LogP contribution in [0.5, 0.6) is 0 Å². The van der Waals surface area contributed by atoms with Crippen molar-refractivity contribution in [2.75, 3.05) is 13.1 Å². The maximum atomic E-state index is 13.2. The second kappa shape index (κ2) is 11.2. The van der Waals surface area contributed by atoms with Crippen LogP contribution in [0.1, 0.15) is 70.0 Å². The molecule has 0 saturated carbocycles. The number of likely N-dealkylation sites (tertiary alicyclic amines) is 1. The van der Waals surface area contributed by atoms with Gasteiger partial charge >= 0.3 is 6.09 Å². The molecule has 3 rings (SSSR count). The normalized spacial score (nSPS) is 17.8. The van der Waals surface area contributed by atoms with Gasteiger partial charge in [-0.3, -0.25) is 9.59 Å². The number of carbonyl (C=O) groups excluding carboxylic acids is 3. The molecule has 0 radical (unpaired) electrons. The standard InChI is InChI=1S/C26H37N3O4S/c1-17(2)15-20(28-24(31)22-16-18-9-6-7-11-21(18)34-22)23(30)27-19-10-8-13-29(14-12-19)25(32)33-26(3,4)5/h6-7,9,11,16-17,19-20H,8,10,12-15H2,1-5H3,(H,27,30)(H,28,31)/t19?,20-/m0/s1. The minimum Gasteiger partial charge on any atom is -0.444 e. The number of carbonyl (C=O) groups is 3. The second-order valence-corrected chi connectivity index (χ2v) is 11.5. The Balaban J connectivity index is 1.60. The third kappa shape index (κ3) is 7.45. The van der Waals surface area contributed by atoms with Crippen molar-refractivity contribution in [2.24, 2.45) is 5.92 Å². The molecule has 2 aromatic rings. The number of nitrogens with one attached hydrogen (secondary N) is 2. The largest absolute Gasteiger partial charge is 0.444 e. The SMILES string of the molecule is CC(C)C[C@H](NC(=O)c1cc2ccccc2s1)C(=O)NC1CCCN(C(=O)OC(C)(C)C)CC1. The molecule has 1 aromatic carbocycles. The Hall–Kier alpha value is -2.61. The van der Waals surface area contributed by atoms with Crippen molar-refractivity contribution in [2.45, 2.75) is 78.0 Å². The fourth-order valence-electron chi connectivity index (χ4n) is 4.08. The van der Waals surface area contributed by atoms with Gasteiger partial charge in [-0.05, 0) is 69.9 Å². The van der Waals surface area contributed by atoms with Crippen LogP contribution in [0.2, 0.25) is 0 Å². The number of fused-ring (bicyclic) bond motifs is 1. The zero-order valence-corrected chi connectivity index (χ0v) is 21.7. The molecule has 186 valence electrons. The summed E-state index contributed by atoms with van der Waals surface area (Å²) in [5.74, 6) is -0.145. The first-order chi connectivity index (χ1) is 16.0. The van der Waals surface area contributed by atoms with Gasteiger partial charge in [0.2, 0.25) is 5.91 Å². The number of hydrogen-bond acceptors (Lipinski definition) is 5. The van der Waals surface area contributed by atoms with Crippen LogP contribution in [-0.4, -0.2) is 53.6 Å². The van der Waals surface area contributed by atoms with Crippen molar-refractivity contribution in [1.82, 2.24) is 15.5 Å². The molecular weight excluding hydrogens is 450 g/mol. The lowest BCUT2D eigenvalue weighted by Crippen LogP contribution is -2.50. The molecule has 2 N–H and O–H groups in total. The van der Waals surface area contributed by atoms with E-state index >= 15 is 0 Å². The molecule has 1 fully saturated rings. The van der Waals surface area contributed by atoms with Crippen molar-refractivity contribution < 1.29 is 19.1 Å². The lowest BCUT2D eigenvalue weighted by atomic mass is 10.0. The molecule has 34 heavy (non-hydrogen) atoms. The highest BCUT2D eigenvalue weighted by molar-refractivity contribution is 7.20. The van der Waals surface area contributed by atoms with E-state index in [1.54, 1.807) is 4.90 Å². The van der Waals surface area contributed by atoms with Crippen LogP contribution >= 0.6 is 11.3 Å². The predicted octanol–water partition coefficient (Wildman–Crippen LogP) is 4.95. The molecule has 1 unspecified atom stereocenters. The average Bonchev–Trinajstić information content (AvgIpc) is 3.04. The van der Waals surface area contributed by atoms with E-state index in [0.717, 1.165) is 22.9 Å². The summed E-state index contributed by atoms with van der Waals surface area (Å²) in [6.07, 6.45) is 2.47. The number of amides is 3. The quantitative estimate of drug-likeness (QED) is 0.603. The predicted molar refractivity (Wildman–Crippen MR) is 136 cm³/mol. The molecule has 0 spiro atoms. The molecule has 2 atom stereocenters. The van der Waals surface area contributed by atoms with E-state index in [1.807, 2.05) is 65.0 Å². The summed E-state index contributed by atoms with van der Waals surface area (Å²) in [7, 11) is 0. The first kappa shape index (κ1) is 26.0. The zero-order valence-electron chi connectivity index (χ0n) is 20.8. The second-order valence-electron chi connectivity index (χ2n) is 10.4. The molecule has 1 aromatic heterocycles. The highest BCUT2D eigenvalue weighted by atomic mass is 32.1. The Morgan fingerprint density at radius 3 is 2.56 bits per heavy atom. The Labute approximate surface area is 206 Å². The van der Waals surface area contributed by atoms with E-state index in [0.29, 0.717) is 30.8 Å². The van der Waals surface area contributed by atoms with Crippen molar-refractivity contribution >= 4 is 39.3 Å². The number of benzene rings is 1. The summed E-state index contributed by atoms with van der Waals surface area (Å²) >= 11 is 1.43. The summed E-state index contributed by atoms with van der Waals surface area (Å²) in [5.41, 5.74) is -0.534. The maximum absolute atomic E-state index is 13.2. The lowest BCUT2D eigenvalue weighted by molar-refractivity contribution is -0.124.